The quantitative estimate of drug-likeness (QED) is 0.648. The Hall–Kier alpha value is -3.23. The van der Waals surface area contributed by atoms with Crippen LogP contribution in [-0.4, -0.2) is 43.7 Å². The van der Waals surface area contributed by atoms with Crippen molar-refractivity contribution in [3.63, 3.8) is 0 Å². The molecule has 136 valence electrons. The van der Waals surface area contributed by atoms with Crippen LogP contribution in [0.3, 0.4) is 0 Å². The van der Waals surface area contributed by atoms with E-state index < -0.39 is 0 Å². The summed E-state index contributed by atoms with van der Waals surface area (Å²) in [6.45, 7) is 8.36. The van der Waals surface area contributed by atoms with Crippen LogP contribution in [-0.2, 0) is 0 Å². The molecule has 9 heteroatoms. The SMILES string of the molecule is Cc1noc(C)c1C(=O)NCCNc1cc(-n2cnc(C)c2C)ncn1. The molecule has 0 aliphatic carbocycles. The minimum absolute atomic E-state index is 0.198. The van der Waals surface area contributed by atoms with Crippen LogP contribution in [0.4, 0.5) is 5.82 Å². The van der Waals surface area contributed by atoms with E-state index in [-0.39, 0.29) is 5.91 Å². The molecule has 9 nitrogen and oxygen atoms in total. The molecule has 0 bridgehead atoms. The molecule has 0 radical (unpaired) electrons. The lowest BCUT2D eigenvalue weighted by Crippen LogP contribution is -2.29. The maximum absolute atomic E-state index is 12.2. The fourth-order valence-corrected chi connectivity index (χ4v) is 2.57. The van der Waals surface area contributed by atoms with Gasteiger partial charge in [0.25, 0.3) is 5.91 Å². The van der Waals surface area contributed by atoms with Gasteiger partial charge >= 0.3 is 0 Å². The molecule has 0 aliphatic rings. The maximum Gasteiger partial charge on any atom is 0.256 e. The average Bonchev–Trinajstić information content (AvgIpc) is 3.14. The molecular weight excluding hydrogens is 334 g/mol. The van der Waals surface area contributed by atoms with Crippen LogP contribution in [0.1, 0.15) is 33.2 Å². The van der Waals surface area contributed by atoms with Gasteiger partial charge in [0.2, 0.25) is 0 Å². The van der Waals surface area contributed by atoms with Crippen molar-refractivity contribution in [2.24, 2.45) is 0 Å². The zero-order valence-electron chi connectivity index (χ0n) is 15.2. The number of amides is 1. The van der Waals surface area contributed by atoms with Crippen molar-refractivity contribution in [1.82, 2.24) is 30.0 Å². The molecular formula is C17H21N7O2. The largest absolute Gasteiger partial charge is 0.368 e. The topological polar surface area (TPSA) is 111 Å². The first-order valence-corrected chi connectivity index (χ1v) is 8.25. The van der Waals surface area contributed by atoms with Gasteiger partial charge < -0.3 is 15.2 Å². The number of aromatic nitrogens is 5. The van der Waals surface area contributed by atoms with Crippen LogP contribution in [0, 0.1) is 27.7 Å². The van der Waals surface area contributed by atoms with Gasteiger partial charge in [0.05, 0.1) is 11.4 Å². The molecule has 0 fully saturated rings. The summed E-state index contributed by atoms with van der Waals surface area (Å²) in [6, 6.07) is 1.84. The third-order valence-corrected chi connectivity index (χ3v) is 4.13. The van der Waals surface area contributed by atoms with E-state index in [1.165, 1.54) is 6.33 Å². The van der Waals surface area contributed by atoms with Crippen LogP contribution < -0.4 is 10.6 Å². The van der Waals surface area contributed by atoms with Gasteiger partial charge in [-0.3, -0.25) is 9.36 Å². The molecule has 1 amide bonds. The van der Waals surface area contributed by atoms with Gasteiger partial charge in [-0.15, -0.1) is 0 Å². The highest BCUT2D eigenvalue weighted by atomic mass is 16.5. The summed E-state index contributed by atoms with van der Waals surface area (Å²) in [5.74, 6) is 1.73. The molecule has 0 aliphatic heterocycles. The van der Waals surface area contributed by atoms with E-state index in [9.17, 15) is 4.79 Å². The van der Waals surface area contributed by atoms with Crippen molar-refractivity contribution in [2.45, 2.75) is 27.7 Å². The molecule has 0 spiro atoms. The van der Waals surface area contributed by atoms with Crippen LogP contribution >= 0.6 is 0 Å². The van der Waals surface area contributed by atoms with Crippen molar-refractivity contribution in [2.75, 3.05) is 18.4 Å². The van der Waals surface area contributed by atoms with E-state index in [2.05, 4.69) is 30.7 Å². The van der Waals surface area contributed by atoms with Gasteiger partial charge in [0.1, 0.15) is 35.6 Å². The maximum atomic E-state index is 12.2. The van der Waals surface area contributed by atoms with Crippen molar-refractivity contribution in [3.8, 4) is 5.82 Å². The highest BCUT2D eigenvalue weighted by Crippen LogP contribution is 2.14. The second-order valence-corrected chi connectivity index (χ2v) is 5.93. The van der Waals surface area contributed by atoms with Gasteiger partial charge in [0, 0.05) is 24.8 Å². The number of carbonyl (C=O) groups is 1. The van der Waals surface area contributed by atoms with Gasteiger partial charge in [-0.05, 0) is 27.7 Å². The second kappa shape index (κ2) is 7.34. The van der Waals surface area contributed by atoms with Gasteiger partial charge in [0.15, 0.2) is 0 Å². The number of rotatable bonds is 6. The fourth-order valence-electron chi connectivity index (χ4n) is 2.57. The standard InChI is InChI=1S/C17H21N7O2/c1-10-12(3)24(9-22-10)15-7-14(20-8-21-15)18-5-6-19-17(25)16-11(2)23-26-13(16)4/h7-9H,5-6H2,1-4H3,(H,19,25)(H,18,20,21). The van der Waals surface area contributed by atoms with Gasteiger partial charge in [-0.2, -0.15) is 0 Å². The van der Waals surface area contributed by atoms with Crippen LogP contribution in [0.25, 0.3) is 5.82 Å². The minimum atomic E-state index is -0.198. The van der Waals surface area contributed by atoms with E-state index >= 15 is 0 Å². The van der Waals surface area contributed by atoms with E-state index in [1.54, 1.807) is 20.2 Å². The predicted octanol–water partition coefficient (Wildman–Crippen LogP) is 1.73. The number of nitrogens with zero attached hydrogens (tertiary/aromatic N) is 5. The Labute approximate surface area is 150 Å². The number of hydrogen-bond acceptors (Lipinski definition) is 7. The lowest BCUT2D eigenvalue weighted by molar-refractivity contribution is 0.0953. The van der Waals surface area contributed by atoms with Crippen LogP contribution in [0.15, 0.2) is 23.2 Å². The van der Waals surface area contributed by atoms with E-state index in [1.807, 2.05) is 24.5 Å². The summed E-state index contributed by atoms with van der Waals surface area (Å²) in [5, 5.41) is 9.79. The number of imidazole rings is 1. The lowest BCUT2D eigenvalue weighted by atomic mass is 10.2. The van der Waals surface area contributed by atoms with Crippen molar-refractivity contribution < 1.29 is 9.32 Å². The minimum Gasteiger partial charge on any atom is -0.368 e. The highest BCUT2D eigenvalue weighted by Gasteiger charge is 2.16. The number of carbonyl (C=O) groups excluding carboxylic acids is 1. The van der Waals surface area contributed by atoms with E-state index in [0.29, 0.717) is 35.9 Å². The number of anilines is 1. The van der Waals surface area contributed by atoms with Crippen molar-refractivity contribution >= 4 is 11.7 Å². The van der Waals surface area contributed by atoms with Gasteiger partial charge in [-0.1, -0.05) is 5.16 Å². The smallest absolute Gasteiger partial charge is 0.256 e. The summed E-state index contributed by atoms with van der Waals surface area (Å²) < 4.78 is 6.91. The zero-order valence-corrected chi connectivity index (χ0v) is 15.2. The normalized spacial score (nSPS) is 10.8. The summed E-state index contributed by atoms with van der Waals surface area (Å²) in [4.78, 5) is 24.9. The first-order chi connectivity index (χ1) is 12.5. The van der Waals surface area contributed by atoms with Gasteiger partial charge in [-0.25, -0.2) is 15.0 Å². The molecule has 2 N–H and O–H groups in total. The molecule has 3 heterocycles. The highest BCUT2D eigenvalue weighted by molar-refractivity contribution is 5.96. The fraction of sp³-hybridized carbons (Fsp3) is 0.353. The molecule has 26 heavy (non-hydrogen) atoms. The Morgan fingerprint density at radius 3 is 2.58 bits per heavy atom. The molecule has 0 saturated heterocycles. The molecule has 3 aromatic rings. The molecule has 0 atom stereocenters. The molecule has 0 unspecified atom stereocenters. The van der Waals surface area contributed by atoms with Crippen LogP contribution in [0.2, 0.25) is 0 Å². The summed E-state index contributed by atoms with van der Waals surface area (Å²) in [6.07, 6.45) is 3.23. The average molecular weight is 355 g/mol. The number of hydrogen-bond donors (Lipinski definition) is 2. The third-order valence-electron chi connectivity index (χ3n) is 4.13. The molecule has 3 rings (SSSR count). The monoisotopic (exact) mass is 355 g/mol. The Morgan fingerprint density at radius 2 is 1.92 bits per heavy atom. The first-order valence-electron chi connectivity index (χ1n) is 8.25. The summed E-state index contributed by atoms with van der Waals surface area (Å²) in [7, 11) is 0. The van der Waals surface area contributed by atoms with Crippen molar-refractivity contribution in [1.29, 1.82) is 0 Å². The Balaban J connectivity index is 1.57. The van der Waals surface area contributed by atoms with Crippen LogP contribution in [0.5, 0.6) is 0 Å². The Bertz CT molecular complexity index is 910. The Kier molecular flexibility index (Phi) is 4.97. The summed E-state index contributed by atoms with van der Waals surface area (Å²) in [5.41, 5.74) is 3.06. The molecule has 3 aromatic heterocycles. The summed E-state index contributed by atoms with van der Waals surface area (Å²) >= 11 is 0. The molecule has 0 saturated carbocycles. The zero-order chi connectivity index (χ0) is 18.7. The van der Waals surface area contributed by atoms with E-state index in [4.69, 9.17) is 4.52 Å². The predicted molar refractivity (Wildman–Crippen MR) is 95.4 cm³/mol. The Morgan fingerprint density at radius 1 is 1.12 bits per heavy atom. The number of aryl methyl sites for hydroxylation is 3. The number of nitrogens with one attached hydrogen (secondary N) is 2. The second-order valence-electron chi connectivity index (χ2n) is 5.93. The van der Waals surface area contributed by atoms with Crippen molar-refractivity contribution in [3.05, 3.63) is 47.1 Å². The third kappa shape index (κ3) is 3.56. The lowest BCUT2D eigenvalue weighted by Gasteiger charge is -2.09. The first kappa shape index (κ1) is 17.6. The van der Waals surface area contributed by atoms with E-state index in [0.717, 1.165) is 17.2 Å². The molecule has 0 aromatic carbocycles.